The fraction of sp³-hybridized carbons (Fsp3) is 0.273. The van der Waals surface area contributed by atoms with E-state index in [1.54, 1.807) is 25.1 Å². The van der Waals surface area contributed by atoms with Crippen LogP contribution in [0.2, 0.25) is 5.02 Å². The molecular formula is C11H12Cl2N2O2. The van der Waals surface area contributed by atoms with Gasteiger partial charge in [-0.2, -0.15) is 5.10 Å². The van der Waals surface area contributed by atoms with Crippen LogP contribution in [-0.4, -0.2) is 17.7 Å². The number of ether oxygens (including phenoxy) is 1. The SMILES string of the molecule is CCOC(=O)C(Cl)=NNc1ccc(Cl)cc1C. The molecule has 0 aliphatic heterocycles. The molecule has 0 amide bonds. The van der Waals surface area contributed by atoms with Crippen LogP contribution in [0, 0.1) is 6.92 Å². The van der Waals surface area contributed by atoms with E-state index in [1.807, 2.05) is 6.92 Å². The summed E-state index contributed by atoms with van der Waals surface area (Å²) < 4.78 is 4.68. The molecule has 0 fully saturated rings. The Morgan fingerprint density at radius 2 is 2.24 bits per heavy atom. The van der Waals surface area contributed by atoms with Gasteiger partial charge in [0.2, 0.25) is 5.17 Å². The van der Waals surface area contributed by atoms with E-state index in [2.05, 4.69) is 15.3 Å². The lowest BCUT2D eigenvalue weighted by atomic mass is 10.2. The van der Waals surface area contributed by atoms with E-state index in [4.69, 9.17) is 23.2 Å². The number of nitrogens with zero attached hydrogens (tertiary/aromatic N) is 1. The molecule has 1 N–H and O–H groups in total. The van der Waals surface area contributed by atoms with Crippen molar-refractivity contribution in [2.24, 2.45) is 5.10 Å². The van der Waals surface area contributed by atoms with Gasteiger partial charge in [0.1, 0.15) is 0 Å². The molecule has 0 aromatic heterocycles. The Kier molecular flexibility index (Phi) is 5.25. The van der Waals surface area contributed by atoms with Crippen molar-refractivity contribution in [3.05, 3.63) is 28.8 Å². The highest BCUT2D eigenvalue weighted by atomic mass is 35.5. The molecule has 92 valence electrons. The summed E-state index contributed by atoms with van der Waals surface area (Å²) in [5.41, 5.74) is 4.29. The molecule has 1 aromatic rings. The number of esters is 1. The maximum atomic E-state index is 11.2. The minimum atomic E-state index is -0.659. The first kappa shape index (κ1) is 13.8. The minimum Gasteiger partial charge on any atom is -0.461 e. The lowest BCUT2D eigenvalue weighted by molar-refractivity contribution is -0.134. The average molecular weight is 275 g/mol. The van der Waals surface area contributed by atoms with E-state index < -0.39 is 5.97 Å². The molecule has 0 unspecified atom stereocenters. The summed E-state index contributed by atoms with van der Waals surface area (Å²) in [6, 6.07) is 5.23. The number of carbonyl (C=O) groups excluding carboxylic acids is 1. The first-order valence-corrected chi connectivity index (χ1v) is 5.72. The van der Waals surface area contributed by atoms with Gasteiger partial charge in [0, 0.05) is 5.02 Å². The molecule has 4 nitrogen and oxygen atoms in total. The van der Waals surface area contributed by atoms with E-state index in [1.165, 1.54) is 0 Å². The van der Waals surface area contributed by atoms with E-state index in [0.717, 1.165) is 11.3 Å². The topological polar surface area (TPSA) is 50.7 Å². The molecule has 0 atom stereocenters. The molecule has 0 radical (unpaired) electrons. The highest BCUT2D eigenvalue weighted by molar-refractivity contribution is 6.82. The van der Waals surface area contributed by atoms with Gasteiger partial charge in [-0.05, 0) is 37.6 Å². The average Bonchev–Trinajstić information content (AvgIpc) is 2.27. The number of rotatable bonds is 4. The quantitative estimate of drug-likeness (QED) is 0.521. The third-order valence-corrected chi connectivity index (χ3v) is 2.38. The largest absolute Gasteiger partial charge is 0.461 e. The number of halogens is 2. The predicted octanol–water partition coefficient (Wildman–Crippen LogP) is 3.18. The molecule has 0 aliphatic rings. The number of carbonyl (C=O) groups is 1. The van der Waals surface area contributed by atoms with Crippen LogP contribution in [-0.2, 0) is 9.53 Å². The van der Waals surface area contributed by atoms with Gasteiger partial charge in [-0.15, -0.1) is 0 Å². The summed E-state index contributed by atoms with van der Waals surface area (Å²) in [6.45, 7) is 3.81. The van der Waals surface area contributed by atoms with Crippen LogP contribution < -0.4 is 5.43 Å². The molecule has 0 spiro atoms. The Labute approximate surface area is 110 Å². The Balaban J connectivity index is 2.72. The number of hydrazone groups is 1. The van der Waals surface area contributed by atoms with Crippen molar-refractivity contribution < 1.29 is 9.53 Å². The maximum Gasteiger partial charge on any atom is 0.370 e. The van der Waals surface area contributed by atoms with Gasteiger partial charge in [0.25, 0.3) is 0 Å². The fourth-order valence-corrected chi connectivity index (χ4v) is 1.42. The van der Waals surface area contributed by atoms with Gasteiger partial charge in [0.05, 0.1) is 12.3 Å². The van der Waals surface area contributed by atoms with Gasteiger partial charge >= 0.3 is 5.97 Å². The Bertz CT molecular complexity index is 447. The zero-order valence-electron chi connectivity index (χ0n) is 9.46. The summed E-state index contributed by atoms with van der Waals surface area (Å²) in [4.78, 5) is 11.2. The molecule has 0 saturated heterocycles. The summed E-state index contributed by atoms with van der Waals surface area (Å²) in [5.74, 6) is -0.659. The molecule has 0 bridgehead atoms. The smallest absolute Gasteiger partial charge is 0.370 e. The zero-order valence-corrected chi connectivity index (χ0v) is 11.0. The van der Waals surface area contributed by atoms with Gasteiger partial charge in [-0.25, -0.2) is 4.79 Å². The summed E-state index contributed by atoms with van der Waals surface area (Å²) in [5, 5.41) is 4.10. The molecule has 6 heteroatoms. The van der Waals surface area contributed by atoms with Crippen molar-refractivity contribution >= 4 is 40.0 Å². The summed E-state index contributed by atoms with van der Waals surface area (Å²) in [6.07, 6.45) is 0. The van der Waals surface area contributed by atoms with E-state index in [9.17, 15) is 4.79 Å². The molecule has 0 aliphatic carbocycles. The predicted molar refractivity (Wildman–Crippen MR) is 69.7 cm³/mol. The second-order valence-electron chi connectivity index (χ2n) is 3.19. The van der Waals surface area contributed by atoms with E-state index in [0.29, 0.717) is 5.02 Å². The zero-order chi connectivity index (χ0) is 12.8. The van der Waals surface area contributed by atoms with Crippen molar-refractivity contribution in [1.82, 2.24) is 0 Å². The van der Waals surface area contributed by atoms with Gasteiger partial charge in [0.15, 0.2) is 0 Å². The Morgan fingerprint density at radius 3 is 2.82 bits per heavy atom. The number of hydrogen-bond donors (Lipinski definition) is 1. The maximum absolute atomic E-state index is 11.2. The van der Waals surface area contributed by atoms with Crippen LogP contribution in [0.4, 0.5) is 5.69 Å². The van der Waals surface area contributed by atoms with Crippen molar-refractivity contribution in [2.75, 3.05) is 12.0 Å². The van der Waals surface area contributed by atoms with Crippen LogP contribution in [0.25, 0.3) is 0 Å². The second kappa shape index (κ2) is 6.47. The molecule has 1 aromatic carbocycles. The van der Waals surface area contributed by atoms with Gasteiger partial charge in [-0.3, -0.25) is 5.43 Å². The van der Waals surface area contributed by atoms with E-state index >= 15 is 0 Å². The van der Waals surface area contributed by atoms with Crippen molar-refractivity contribution in [2.45, 2.75) is 13.8 Å². The number of hydrogen-bond acceptors (Lipinski definition) is 4. The van der Waals surface area contributed by atoms with Crippen molar-refractivity contribution in [3.8, 4) is 0 Å². The molecule has 0 heterocycles. The van der Waals surface area contributed by atoms with Gasteiger partial charge < -0.3 is 4.74 Å². The van der Waals surface area contributed by atoms with Crippen LogP contribution in [0.3, 0.4) is 0 Å². The molecule has 1 rings (SSSR count). The van der Waals surface area contributed by atoms with Gasteiger partial charge in [-0.1, -0.05) is 23.2 Å². The number of aryl methyl sites for hydroxylation is 1. The number of benzene rings is 1. The molecular weight excluding hydrogens is 263 g/mol. The van der Waals surface area contributed by atoms with E-state index in [-0.39, 0.29) is 11.8 Å². The lowest BCUT2D eigenvalue weighted by Crippen LogP contribution is -2.13. The summed E-state index contributed by atoms with van der Waals surface area (Å²) >= 11 is 11.4. The van der Waals surface area contributed by atoms with Crippen LogP contribution in [0.5, 0.6) is 0 Å². The third kappa shape index (κ3) is 4.24. The van der Waals surface area contributed by atoms with Crippen LogP contribution in [0.1, 0.15) is 12.5 Å². The first-order valence-electron chi connectivity index (χ1n) is 4.97. The Morgan fingerprint density at radius 1 is 1.53 bits per heavy atom. The fourth-order valence-electron chi connectivity index (χ4n) is 1.10. The van der Waals surface area contributed by atoms with Crippen molar-refractivity contribution in [3.63, 3.8) is 0 Å². The molecule has 0 saturated carbocycles. The molecule has 17 heavy (non-hydrogen) atoms. The highest BCUT2D eigenvalue weighted by Gasteiger charge is 2.09. The second-order valence-corrected chi connectivity index (χ2v) is 3.99. The normalized spacial score (nSPS) is 11.2. The standard InChI is InChI=1S/C11H12Cl2N2O2/c1-3-17-11(16)10(13)15-14-9-5-4-8(12)6-7(9)2/h4-6,14H,3H2,1-2H3. The minimum absolute atomic E-state index is 0.249. The highest BCUT2D eigenvalue weighted by Crippen LogP contribution is 2.19. The number of anilines is 1. The first-order chi connectivity index (χ1) is 8.04. The Hall–Kier alpha value is -1.26. The summed E-state index contributed by atoms with van der Waals surface area (Å²) in [7, 11) is 0. The monoisotopic (exact) mass is 274 g/mol. The van der Waals surface area contributed by atoms with Crippen LogP contribution in [0.15, 0.2) is 23.3 Å². The van der Waals surface area contributed by atoms with Crippen LogP contribution >= 0.6 is 23.2 Å². The third-order valence-electron chi connectivity index (χ3n) is 1.91. The van der Waals surface area contributed by atoms with Crippen molar-refractivity contribution in [1.29, 1.82) is 0 Å². The number of nitrogens with one attached hydrogen (secondary N) is 1. The lowest BCUT2D eigenvalue weighted by Gasteiger charge is -2.05.